The molecule has 3 nitrogen and oxygen atoms in total. The highest BCUT2D eigenvalue weighted by Gasteiger charge is 2.57. The third kappa shape index (κ3) is 1.91. The molecule has 1 rings (SSSR count). The van der Waals surface area contributed by atoms with E-state index in [1.54, 1.807) is 0 Å². The van der Waals surface area contributed by atoms with E-state index in [-0.39, 0.29) is 12.5 Å². The first-order chi connectivity index (χ1) is 5.59. The summed E-state index contributed by atoms with van der Waals surface area (Å²) in [6, 6.07) is 0. The quantitative estimate of drug-likeness (QED) is 0.690. The van der Waals surface area contributed by atoms with E-state index < -0.39 is 22.3 Å². The summed E-state index contributed by atoms with van der Waals surface area (Å²) in [4.78, 5) is 21.3. The highest BCUT2D eigenvalue weighted by molar-refractivity contribution is 6.67. The summed E-state index contributed by atoms with van der Waals surface area (Å²) in [5.74, 6) is -1.29. The van der Waals surface area contributed by atoms with Crippen molar-refractivity contribution in [2.75, 3.05) is 6.61 Å². The Bertz CT molecular complexity index is 198. The van der Waals surface area contributed by atoms with Crippen LogP contribution in [0, 0.1) is 17.8 Å². The lowest BCUT2D eigenvalue weighted by molar-refractivity contribution is -0.117. The van der Waals surface area contributed by atoms with Gasteiger partial charge in [0.25, 0.3) is 0 Å². The Morgan fingerprint density at radius 1 is 1.17 bits per heavy atom. The standard InChI is InChI=1S/C6H5Cl3O3/c7-5(10)3-2(1-12-9)4(3)6(8)11/h2-4H,1H2. The summed E-state index contributed by atoms with van der Waals surface area (Å²) < 4.78 is 4.28. The number of hydrogen-bond acceptors (Lipinski definition) is 3. The molecule has 0 radical (unpaired) electrons. The van der Waals surface area contributed by atoms with Crippen molar-refractivity contribution in [3.05, 3.63) is 0 Å². The number of hydrogen-bond donors (Lipinski definition) is 0. The van der Waals surface area contributed by atoms with Crippen molar-refractivity contribution in [2.45, 2.75) is 0 Å². The van der Waals surface area contributed by atoms with Gasteiger partial charge >= 0.3 is 0 Å². The third-order valence-electron chi connectivity index (χ3n) is 1.95. The minimum atomic E-state index is -0.562. The van der Waals surface area contributed by atoms with Gasteiger partial charge in [0.15, 0.2) is 0 Å². The van der Waals surface area contributed by atoms with E-state index in [4.69, 9.17) is 35.1 Å². The van der Waals surface area contributed by atoms with E-state index in [0.29, 0.717) is 0 Å². The van der Waals surface area contributed by atoms with Gasteiger partial charge in [0, 0.05) is 5.92 Å². The van der Waals surface area contributed by atoms with Gasteiger partial charge in [-0.2, -0.15) is 0 Å². The first-order valence-electron chi connectivity index (χ1n) is 3.21. The Kier molecular flexibility index (Phi) is 3.35. The average molecular weight is 231 g/mol. The molecule has 1 saturated carbocycles. The van der Waals surface area contributed by atoms with E-state index in [1.165, 1.54) is 0 Å². The maximum absolute atomic E-state index is 10.7. The van der Waals surface area contributed by atoms with Crippen LogP contribution in [-0.4, -0.2) is 17.1 Å². The Hall–Kier alpha value is 0.170. The predicted molar refractivity (Wildman–Crippen MR) is 44.0 cm³/mol. The second-order valence-electron chi connectivity index (χ2n) is 2.60. The molecule has 12 heavy (non-hydrogen) atoms. The van der Waals surface area contributed by atoms with Gasteiger partial charge in [0.2, 0.25) is 10.5 Å². The monoisotopic (exact) mass is 230 g/mol. The SMILES string of the molecule is O=C(Cl)C1C(COCl)C1C(=O)Cl. The fourth-order valence-corrected chi connectivity index (χ4v) is 2.01. The molecule has 0 saturated heterocycles. The van der Waals surface area contributed by atoms with Gasteiger partial charge in [-0.25, -0.2) is 0 Å². The smallest absolute Gasteiger partial charge is 0.225 e. The van der Waals surface area contributed by atoms with Crippen LogP contribution in [0.1, 0.15) is 0 Å². The van der Waals surface area contributed by atoms with Crippen molar-refractivity contribution in [2.24, 2.45) is 17.8 Å². The highest BCUT2D eigenvalue weighted by Crippen LogP contribution is 2.49. The molecule has 2 atom stereocenters. The van der Waals surface area contributed by atoms with Crippen molar-refractivity contribution < 1.29 is 13.9 Å². The maximum Gasteiger partial charge on any atom is 0.225 e. The third-order valence-corrected chi connectivity index (χ3v) is 2.58. The molecule has 0 aromatic heterocycles. The zero-order valence-corrected chi connectivity index (χ0v) is 8.07. The fourth-order valence-electron chi connectivity index (χ4n) is 1.27. The van der Waals surface area contributed by atoms with Gasteiger partial charge in [0.1, 0.15) is 0 Å². The summed E-state index contributed by atoms with van der Waals surface area (Å²) >= 11 is 15.4. The molecule has 1 aliphatic carbocycles. The molecule has 1 fully saturated rings. The molecule has 0 N–H and O–H groups in total. The summed E-state index contributed by atoms with van der Waals surface area (Å²) in [6.45, 7) is 0.119. The molecule has 0 bridgehead atoms. The van der Waals surface area contributed by atoms with E-state index in [9.17, 15) is 9.59 Å². The molecule has 0 aromatic carbocycles. The van der Waals surface area contributed by atoms with Crippen molar-refractivity contribution in [3.63, 3.8) is 0 Å². The normalized spacial score (nSPS) is 33.1. The Labute approximate surface area is 84.1 Å². The molecular weight excluding hydrogens is 226 g/mol. The van der Waals surface area contributed by atoms with Crippen LogP contribution < -0.4 is 0 Å². The lowest BCUT2D eigenvalue weighted by Crippen LogP contribution is -1.96. The molecule has 0 heterocycles. The van der Waals surface area contributed by atoms with E-state index >= 15 is 0 Å². The molecule has 6 heteroatoms. The molecule has 0 spiro atoms. The highest BCUT2D eigenvalue weighted by atomic mass is 35.5. The molecule has 0 aromatic rings. The van der Waals surface area contributed by atoms with Crippen molar-refractivity contribution in [3.8, 4) is 0 Å². The van der Waals surface area contributed by atoms with E-state index in [0.717, 1.165) is 0 Å². The van der Waals surface area contributed by atoms with Gasteiger partial charge in [-0.05, 0) is 23.2 Å². The first kappa shape index (κ1) is 10.3. The number of halogens is 3. The van der Waals surface area contributed by atoms with Crippen molar-refractivity contribution in [1.82, 2.24) is 0 Å². The summed E-state index contributed by atoms with van der Waals surface area (Å²) in [5, 5.41) is -1.12. The van der Waals surface area contributed by atoms with Gasteiger partial charge in [-0.15, -0.1) is 0 Å². The van der Waals surface area contributed by atoms with Crippen LogP contribution in [0.4, 0.5) is 0 Å². The van der Waals surface area contributed by atoms with E-state index in [1.807, 2.05) is 0 Å². The second kappa shape index (κ2) is 3.92. The topological polar surface area (TPSA) is 43.4 Å². The molecule has 1 aliphatic rings. The molecule has 0 amide bonds. The van der Waals surface area contributed by atoms with E-state index in [2.05, 4.69) is 4.29 Å². The molecular formula is C6H5Cl3O3. The van der Waals surface area contributed by atoms with Crippen LogP contribution >= 0.6 is 35.1 Å². The van der Waals surface area contributed by atoms with Crippen LogP contribution in [0.2, 0.25) is 0 Å². The van der Waals surface area contributed by atoms with Crippen LogP contribution in [0.25, 0.3) is 0 Å². The Morgan fingerprint density at radius 2 is 1.58 bits per heavy atom. The minimum Gasteiger partial charge on any atom is -0.281 e. The zero-order valence-electron chi connectivity index (χ0n) is 5.80. The minimum absolute atomic E-state index is 0.119. The number of rotatable bonds is 4. The van der Waals surface area contributed by atoms with Gasteiger partial charge in [0.05, 0.1) is 30.3 Å². The van der Waals surface area contributed by atoms with Crippen molar-refractivity contribution in [1.29, 1.82) is 0 Å². The zero-order chi connectivity index (χ0) is 9.30. The van der Waals surface area contributed by atoms with Crippen LogP contribution in [0.3, 0.4) is 0 Å². The largest absolute Gasteiger partial charge is 0.281 e. The van der Waals surface area contributed by atoms with Crippen molar-refractivity contribution >= 4 is 45.6 Å². The maximum atomic E-state index is 10.7. The van der Waals surface area contributed by atoms with Gasteiger partial charge < -0.3 is 0 Å². The predicted octanol–water partition coefficient (Wildman–Crippen LogP) is 1.55. The summed E-state index contributed by atoms with van der Waals surface area (Å²) in [5.41, 5.74) is 0. The molecule has 68 valence electrons. The number of carbonyl (C=O) groups excluding carboxylic acids is 2. The van der Waals surface area contributed by atoms with Crippen LogP contribution in [0.15, 0.2) is 0 Å². The Morgan fingerprint density at radius 3 is 1.83 bits per heavy atom. The second-order valence-corrected chi connectivity index (χ2v) is 3.56. The first-order valence-corrected chi connectivity index (χ1v) is 4.28. The van der Waals surface area contributed by atoms with Gasteiger partial charge in [-0.3, -0.25) is 13.9 Å². The van der Waals surface area contributed by atoms with Crippen LogP contribution in [0.5, 0.6) is 0 Å². The fraction of sp³-hybridized carbons (Fsp3) is 0.667. The average Bonchev–Trinajstić information content (AvgIpc) is 2.63. The lowest BCUT2D eigenvalue weighted by atomic mass is 10.3. The number of carbonyl (C=O) groups is 2. The Balaban J connectivity index is 2.55. The lowest BCUT2D eigenvalue weighted by Gasteiger charge is -1.88. The molecule has 2 unspecified atom stereocenters. The van der Waals surface area contributed by atoms with Crippen LogP contribution in [-0.2, 0) is 13.9 Å². The molecule has 0 aliphatic heterocycles. The summed E-state index contributed by atoms with van der Waals surface area (Å²) in [6.07, 6.45) is 0. The van der Waals surface area contributed by atoms with Gasteiger partial charge in [-0.1, -0.05) is 0 Å². The summed E-state index contributed by atoms with van der Waals surface area (Å²) in [7, 11) is 0.